The van der Waals surface area contributed by atoms with Crippen LogP contribution in [0, 0.1) is 0 Å². The normalized spacial score (nSPS) is 19.4. The first-order valence-corrected chi connectivity index (χ1v) is 8.36. The largest absolute Gasteiger partial charge is 0.497 e. The molecular formula is C22H19NO2. The fourth-order valence-corrected chi connectivity index (χ4v) is 3.50. The predicted octanol–water partition coefficient (Wildman–Crippen LogP) is 4.57. The summed E-state index contributed by atoms with van der Waals surface area (Å²) >= 11 is 0. The molecular weight excluding hydrogens is 310 g/mol. The quantitative estimate of drug-likeness (QED) is 0.656. The lowest BCUT2D eigenvalue weighted by atomic mass is 9.77. The summed E-state index contributed by atoms with van der Waals surface area (Å²) in [4.78, 5) is 14.9. The Balaban J connectivity index is 1.74. The van der Waals surface area contributed by atoms with Gasteiger partial charge in [-0.2, -0.15) is 0 Å². The highest BCUT2D eigenvalue weighted by molar-refractivity contribution is 6.06. The number of anilines is 1. The first kappa shape index (κ1) is 15.5. The minimum atomic E-state index is -0.147. The van der Waals surface area contributed by atoms with Crippen LogP contribution in [0.3, 0.4) is 0 Å². The Morgan fingerprint density at radius 3 is 1.88 bits per heavy atom. The Morgan fingerprint density at radius 2 is 1.32 bits per heavy atom. The molecule has 0 bridgehead atoms. The highest BCUT2D eigenvalue weighted by Gasteiger charge is 2.49. The topological polar surface area (TPSA) is 29.5 Å². The van der Waals surface area contributed by atoms with Crippen molar-refractivity contribution in [1.82, 2.24) is 0 Å². The molecule has 1 saturated heterocycles. The molecule has 3 aromatic carbocycles. The second-order valence-electron chi connectivity index (χ2n) is 6.15. The van der Waals surface area contributed by atoms with Gasteiger partial charge in [-0.1, -0.05) is 60.7 Å². The van der Waals surface area contributed by atoms with Crippen molar-refractivity contribution in [2.24, 2.45) is 0 Å². The number of carbonyl (C=O) groups is 1. The van der Waals surface area contributed by atoms with Crippen LogP contribution in [0.15, 0.2) is 84.9 Å². The molecule has 3 aromatic rings. The van der Waals surface area contributed by atoms with E-state index < -0.39 is 0 Å². The number of hydrogen-bond donors (Lipinski definition) is 0. The molecule has 124 valence electrons. The van der Waals surface area contributed by atoms with Gasteiger partial charge in [0.15, 0.2) is 0 Å². The van der Waals surface area contributed by atoms with E-state index in [0.29, 0.717) is 0 Å². The van der Waals surface area contributed by atoms with E-state index in [9.17, 15) is 4.79 Å². The van der Waals surface area contributed by atoms with E-state index in [0.717, 1.165) is 22.6 Å². The minimum absolute atomic E-state index is 0.00416. The first-order chi connectivity index (χ1) is 12.3. The van der Waals surface area contributed by atoms with Crippen LogP contribution < -0.4 is 9.64 Å². The van der Waals surface area contributed by atoms with E-state index in [2.05, 4.69) is 12.1 Å². The molecule has 0 unspecified atom stereocenters. The van der Waals surface area contributed by atoms with E-state index in [1.165, 1.54) is 0 Å². The maximum Gasteiger partial charge on any atom is 0.237 e. The molecule has 0 aliphatic carbocycles. The van der Waals surface area contributed by atoms with Gasteiger partial charge in [-0.15, -0.1) is 0 Å². The molecule has 2 atom stereocenters. The van der Waals surface area contributed by atoms with Crippen molar-refractivity contribution in [2.45, 2.75) is 12.0 Å². The van der Waals surface area contributed by atoms with Gasteiger partial charge in [0.05, 0.1) is 19.1 Å². The molecule has 1 aliphatic heterocycles. The molecule has 0 N–H and O–H groups in total. The average Bonchev–Trinajstić information content (AvgIpc) is 2.68. The van der Waals surface area contributed by atoms with Crippen LogP contribution in [0.2, 0.25) is 0 Å². The summed E-state index contributed by atoms with van der Waals surface area (Å²) in [6, 6.07) is 27.9. The molecule has 0 aromatic heterocycles. The number of nitrogens with zero attached hydrogens (tertiary/aromatic N) is 1. The number of benzene rings is 3. The van der Waals surface area contributed by atoms with Crippen molar-refractivity contribution in [3.05, 3.63) is 96.1 Å². The highest BCUT2D eigenvalue weighted by Crippen LogP contribution is 2.48. The summed E-state index contributed by atoms with van der Waals surface area (Å²) in [5.41, 5.74) is 3.10. The van der Waals surface area contributed by atoms with Gasteiger partial charge in [0.25, 0.3) is 0 Å². The fourth-order valence-electron chi connectivity index (χ4n) is 3.50. The minimum Gasteiger partial charge on any atom is -0.497 e. The van der Waals surface area contributed by atoms with E-state index in [1.54, 1.807) is 7.11 Å². The van der Waals surface area contributed by atoms with Gasteiger partial charge in [0, 0.05) is 5.69 Å². The van der Waals surface area contributed by atoms with Crippen LogP contribution in [0.5, 0.6) is 5.75 Å². The van der Waals surface area contributed by atoms with Crippen LogP contribution in [0.4, 0.5) is 5.69 Å². The van der Waals surface area contributed by atoms with Crippen molar-refractivity contribution in [2.75, 3.05) is 12.0 Å². The van der Waals surface area contributed by atoms with Crippen molar-refractivity contribution in [1.29, 1.82) is 0 Å². The lowest BCUT2D eigenvalue weighted by Crippen LogP contribution is -2.53. The Hall–Kier alpha value is -3.07. The van der Waals surface area contributed by atoms with Gasteiger partial charge < -0.3 is 9.64 Å². The molecule has 25 heavy (non-hydrogen) atoms. The van der Waals surface area contributed by atoms with E-state index in [1.807, 2.05) is 77.7 Å². The van der Waals surface area contributed by atoms with Crippen LogP contribution in [-0.2, 0) is 4.79 Å². The summed E-state index contributed by atoms with van der Waals surface area (Å²) in [6.45, 7) is 0. The monoisotopic (exact) mass is 329 g/mol. The number of β-lactam (4-membered cyclic amide) rings is 1. The van der Waals surface area contributed by atoms with Crippen LogP contribution >= 0.6 is 0 Å². The zero-order valence-corrected chi connectivity index (χ0v) is 14.0. The van der Waals surface area contributed by atoms with E-state index >= 15 is 0 Å². The Kier molecular flexibility index (Phi) is 3.98. The van der Waals surface area contributed by atoms with Crippen LogP contribution in [0.1, 0.15) is 23.1 Å². The number of rotatable bonds is 4. The third-order valence-electron chi connectivity index (χ3n) is 4.75. The summed E-state index contributed by atoms with van der Waals surface area (Å²) < 4.78 is 5.23. The Bertz CT molecular complexity index is 860. The number of ether oxygens (including phenoxy) is 1. The maximum atomic E-state index is 13.0. The Labute approximate surface area is 147 Å². The second kappa shape index (κ2) is 6.44. The van der Waals surface area contributed by atoms with E-state index in [-0.39, 0.29) is 17.9 Å². The van der Waals surface area contributed by atoms with Crippen molar-refractivity contribution in [3.8, 4) is 5.75 Å². The highest BCUT2D eigenvalue weighted by atomic mass is 16.5. The van der Waals surface area contributed by atoms with Gasteiger partial charge >= 0.3 is 0 Å². The van der Waals surface area contributed by atoms with Gasteiger partial charge in [-0.25, -0.2) is 0 Å². The average molecular weight is 329 g/mol. The molecule has 1 heterocycles. The van der Waals surface area contributed by atoms with E-state index in [4.69, 9.17) is 4.74 Å². The smallest absolute Gasteiger partial charge is 0.237 e. The van der Waals surface area contributed by atoms with Gasteiger partial charge in [0.2, 0.25) is 5.91 Å². The SMILES string of the molecule is COc1ccc(N2C(=O)[C@@H](c3ccccc3)[C@@H]2c2ccccc2)cc1. The third kappa shape index (κ3) is 2.68. The van der Waals surface area contributed by atoms with Gasteiger partial charge in [-0.3, -0.25) is 4.79 Å². The summed E-state index contributed by atoms with van der Waals surface area (Å²) in [7, 11) is 1.64. The zero-order valence-electron chi connectivity index (χ0n) is 14.0. The number of amides is 1. The van der Waals surface area contributed by atoms with Crippen molar-refractivity contribution in [3.63, 3.8) is 0 Å². The Morgan fingerprint density at radius 1 is 0.760 bits per heavy atom. The standard InChI is InChI=1S/C22H19NO2/c1-25-19-14-12-18(13-15-19)23-21(17-10-6-3-7-11-17)20(22(23)24)16-8-4-2-5-9-16/h2-15,20-21H,1H3/t20-,21-/m0/s1. The second-order valence-corrected chi connectivity index (χ2v) is 6.15. The zero-order chi connectivity index (χ0) is 17.2. The maximum absolute atomic E-state index is 13.0. The molecule has 4 rings (SSSR count). The lowest BCUT2D eigenvalue weighted by Gasteiger charge is -2.47. The molecule has 1 amide bonds. The van der Waals surface area contributed by atoms with Crippen LogP contribution in [0.25, 0.3) is 0 Å². The molecule has 1 aliphatic rings. The van der Waals surface area contributed by atoms with Gasteiger partial charge in [-0.05, 0) is 35.4 Å². The number of methoxy groups -OCH3 is 1. The molecule has 3 nitrogen and oxygen atoms in total. The van der Waals surface area contributed by atoms with Crippen molar-refractivity contribution < 1.29 is 9.53 Å². The molecule has 0 spiro atoms. The number of carbonyl (C=O) groups excluding carboxylic acids is 1. The van der Waals surface area contributed by atoms with Crippen LogP contribution in [-0.4, -0.2) is 13.0 Å². The molecule has 0 radical (unpaired) electrons. The number of hydrogen-bond acceptors (Lipinski definition) is 2. The third-order valence-corrected chi connectivity index (χ3v) is 4.75. The van der Waals surface area contributed by atoms with Gasteiger partial charge in [0.1, 0.15) is 5.75 Å². The molecule has 0 saturated carbocycles. The molecule has 3 heteroatoms. The first-order valence-electron chi connectivity index (χ1n) is 8.36. The summed E-state index contributed by atoms with van der Waals surface area (Å²) in [5.74, 6) is 0.767. The summed E-state index contributed by atoms with van der Waals surface area (Å²) in [5, 5.41) is 0. The lowest BCUT2D eigenvalue weighted by molar-refractivity contribution is -0.126. The fraction of sp³-hybridized carbons (Fsp3) is 0.136. The molecule has 1 fully saturated rings. The van der Waals surface area contributed by atoms with Crippen molar-refractivity contribution >= 4 is 11.6 Å². The summed E-state index contributed by atoms with van der Waals surface area (Å²) in [6.07, 6.45) is 0. The predicted molar refractivity (Wildman–Crippen MR) is 98.8 cm³/mol.